The average Bonchev–Trinajstić information content (AvgIpc) is 2.71. The summed E-state index contributed by atoms with van der Waals surface area (Å²) in [5.74, 6) is -2.13. The van der Waals surface area contributed by atoms with E-state index in [0.29, 0.717) is 24.9 Å². The number of hydrogen-bond donors (Lipinski definition) is 2. The largest absolute Gasteiger partial charge is 0.460 e. The van der Waals surface area contributed by atoms with Gasteiger partial charge in [-0.05, 0) is 122 Å². The van der Waals surface area contributed by atoms with Crippen molar-refractivity contribution >= 4 is 46.5 Å². The first-order chi connectivity index (χ1) is 17.3. The molecule has 38 heavy (non-hydrogen) atoms. The van der Waals surface area contributed by atoms with E-state index in [1.807, 2.05) is 12.1 Å². The maximum atomic E-state index is 13.1. The Kier molecular flexibility index (Phi) is 12.5. The summed E-state index contributed by atoms with van der Waals surface area (Å²) in [5.41, 5.74) is -1.77. The van der Waals surface area contributed by atoms with Crippen molar-refractivity contribution in [3.8, 4) is 0 Å². The Hall–Kier alpha value is -2.37. The molecule has 1 aromatic rings. The number of esters is 2. The predicted octanol–water partition coefficient (Wildman–Crippen LogP) is 5.38. The highest BCUT2D eigenvalue weighted by molar-refractivity contribution is 14.1. The van der Waals surface area contributed by atoms with Gasteiger partial charge in [0.05, 0.1) is 5.92 Å². The van der Waals surface area contributed by atoms with Crippen LogP contribution in [-0.2, 0) is 23.8 Å². The molecule has 2 atom stereocenters. The number of ether oxygens (including phenoxy) is 3. The van der Waals surface area contributed by atoms with Crippen LogP contribution in [0, 0.1) is 9.49 Å². The lowest BCUT2D eigenvalue weighted by atomic mass is 9.94. The highest BCUT2D eigenvalue weighted by Crippen LogP contribution is 2.22. The van der Waals surface area contributed by atoms with Crippen LogP contribution in [0.5, 0.6) is 0 Å². The summed E-state index contributed by atoms with van der Waals surface area (Å²) in [6.45, 7) is 15.9. The fraction of sp³-hybridized carbons (Fsp3) is 0.643. The molecule has 0 aliphatic carbocycles. The molecule has 10 heteroatoms. The van der Waals surface area contributed by atoms with Gasteiger partial charge >= 0.3 is 18.0 Å². The van der Waals surface area contributed by atoms with Crippen LogP contribution >= 0.6 is 22.6 Å². The topological polar surface area (TPSA) is 120 Å². The molecule has 0 heterocycles. The van der Waals surface area contributed by atoms with Gasteiger partial charge in [0.2, 0.25) is 0 Å². The molecule has 2 N–H and O–H groups in total. The predicted molar refractivity (Wildman–Crippen MR) is 154 cm³/mol. The molecule has 0 spiro atoms. The van der Waals surface area contributed by atoms with Crippen LogP contribution in [0.2, 0.25) is 0 Å². The number of nitrogens with one attached hydrogen (secondary N) is 2. The maximum absolute atomic E-state index is 13.1. The molecule has 1 rings (SSSR count). The van der Waals surface area contributed by atoms with Crippen molar-refractivity contribution in [1.29, 1.82) is 0 Å². The average molecular weight is 647 g/mol. The summed E-state index contributed by atoms with van der Waals surface area (Å²) in [5, 5.41) is 5.42. The van der Waals surface area contributed by atoms with Crippen LogP contribution in [0.25, 0.3) is 0 Å². The number of carbonyl (C=O) groups is 4. The summed E-state index contributed by atoms with van der Waals surface area (Å²) in [6, 6.07) is 6.09. The fourth-order valence-corrected chi connectivity index (χ4v) is 3.86. The molecule has 1 aromatic carbocycles. The molecule has 0 aliphatic rings. The molecule has 0 unspecified atom stereocenters. The molecule has 0 aromatic heterocycles. The van der Waals surface area contributed by atoms with E-state index in [1.165, 1.54) is 0 Å². The molecule has 214 valence electrons. The first kappa shape index (κ1) is 33.7. The third-order valence-corrected chi connectivity index (χ3v) is 5.42. The van der Waals surface area contributed by atoms with Crippen LogP contribution in [0.1, 0.15) is 91.9 Å². The normalized spacial score (nSPS) is 13.6. The van der Waals surface area contributed by atoms with Crippen LogP contribution in [0.15, 0.2) is 24.3 Å². The van der Waals surface area contributed by atoms with Crippen molar-refractivity contribution in [1.82, 2.24) is 10.6 Å². The van der Waals surface area contributed by atoms with E-state index in [-0.39, 0.29) is 12.3 Å². The Balaban J connectivity index is 3.01. The van der Waals surface area contributed by atoms with E-state index in [1.54, 1.807) is 74.4 Å². The smallest absolute Gasteiger partial charge is 0.408 e. The lowest BCUT2D eigenvalue weighted by Crippen LogP contribution is -2.47. The molecule has 0 saturated carbocycles. The Bertz CT molecular complexity index is 975. The molecule has 0 radical (unpaired) electrons. The SMILES string of the molecule is CC(C)(C)OC(=O)N[C@@H](C[C@H](CCCNC(=O)c1cccc(I)c1)C(=O)OC(C)(C)C)C(=O)OC(C)(C)C. The van der Waals surface area contributed by atoms with Crippen LogP contribution < -0.4 is 10.6 Å². The van der Waals surface area contributed by atoms with Gasteiger partial charge in [-0.15, -0.1) is 0 Å². The van der Waals surface area contributed by atoms with Crippen molar-refractivity contribution in [2.75, 3.05) is 6.54 Å². The zero-order valence-corrected chi connectivity index (χ0v) is 26.2. The number of alkyl carbamates (subject to hydrolysis) is 1. The molecular weight excluding hydrogens is 603 g/mol. The molecule has 0 bridgehead atoms. The minimum absolute atomic E-state index is 0.0477. The summed E-state index contributed by atoms with van der Waals surface area (Å²) >= 11 is 2.14. The number of hydrogen-bond acceptors (Lipinski definition) is 7. The van der Waals surface area contributed by atoms with E-state index >= 15 is 0 Å². The van der Waals surface area contributed by atoms with Crippen molar-refractivity contribution in [2.45, 2.75) is 104 Å². The van der Waals surface area contributed by atoms with Crippen LogP contribution in [-0.4, -0.2) is 53.3 Å². The minimum Gasteiger partial charge on any atom is -0.460 e. The first-order valence-corrected chi connectivity index (χ1v) is 13.8. The van der Waals surface area contributed by atoms with Gasteiger partial charge in [-0.3, -0.25) is 9.59 Å². The zero-order valence-electron chi connectivity index (χ0n) is 24.0. The second kappa shape index (κ2) is 14.1. The summed E-state index contributed by atoms with van der Waals surface area (Å²) in [4.78, 5) is 51.1. The number of halogens is 1. The van der Waals surface area contributed by atoms with E-state index in [2.05, 4.69) is 33.2 Å². The lowest BCUT2D eigenvalue weighted by Gasteiger charge is -2.29. The quantitative estimate of drug-likeness (QED) is 0.152. The maximum Gasteiger partial charge on any atom is 0.408 e. The summed E-state index contributed by atoms with van der Waals surface area (Å²) in [6.07, 6.45) is -0.0707. The number of benzene rings is 1. The molecule has 0 saturated heterocycles. The van der Waals surface area contributed by atoms with Gasteiger partial charge in [0.15, 0.2) is 0 Å². The van der Waals surface area contributed by atoms with Gasteiger partial charge in [0, 0.05) is 15.7 Å². The zero-order chi connectivity index (χ0) is 29.3. The lowest BCUT2D eigenvalue weighted by molar-refractivity contribution is -0.163. The molecule has 0 aliphatic heterocycles. The van der Waals surface area contributed by atoms with Crippen LogP contribution in [0.4, 0.5) is 4.79 Å². The summed E-state index contributed by atoms with van der Waals surface area (Å²) in [7, 11) is 0. The molecule has 2 amide bonds. The Morgan fingerprint density at radius 2 is 1.39 bits per heavy atom. The van der Waals surface area contributed by atoms with Crippen LogP contribution in [0.3, 0.4) is 0 Å². The van der Waals surface area contributed by atoms with E-state index < -0.39 is 46.8 Å². The van der Waals surface area contributed by atoms with Gasteiger partial charge in [-0.25, -0.2) is 9.59 Å². The second-order valence-corrected chi connectivity index (χ2v) is 13.4. The van der Waals surface area contributed by atoms with Crippen molar-refractivity contribution < 1.29 is 33.4 Å². The van der Waals surface area contributed by atoms with E-state index in [9.17, 15) is 19.2 Å². The Morgan fingerprint density at radius 3 is 1.92 bits per heavy atom. The fourth-order valence-electron chi connectivity index (χ4n) is 3.32. The van der Waals surface area contributed by atoms with Gasteiger partial charge < -0.3 is 24.8 Å². The second-order valence-electron chi connectivity index (χ2n) is 12.1. The monoisotopic (exact) mass is 646 g/mol. The van der Waals surface area contributed by atoms with Crippen molar-refractivity contribution in [3.63, 3.8) is 0 Å². The highest BCUT2D eigenvalue weighted by Gasteiger charge is 2.34. The molecular formula is C28H43IN2O7. The highest BCUT2D eigenvalue weighted by atomic mass is 127. The van der Waals surface area contributed by atoms with Crippen molar-refractivity contribution in [2.24, 2.45) is 5.92 Å². The first-order valence-electron chi connectivity index (χ1n) is 12.7. The van der Waals surface area contributed by atoms with E-state index in [0.717, 1.165) is 3.57 Å². The number of rotatable bonds is 10. The van der Waals surface area contributed by atoms with E-state index in [4.69, 9.17) is 14.2 Å². The summed E-state index contributed by atoms with van der Waals surface area (Å²) < 4.78 is 17.4. The standard InChI is InChI=1S/C28H43IN2O7/c1-26(2,3)36-23(33)19(13-11-15-30-22(32)18-12-10-14-20(29)16-18)17-21(24(34)37-27(4,5)6)31-25(35)38-28(7,8)9/h10,12,14,16,19,21H,11,13,15,17H2,1-9H3,(H,30,32)(H,31,35)/t19-,21-/m0/s1. The Labute approximate surface area is 240 Å². The van der Waals surface area contributed by atoms with Crippen molar-refractivity contribution in [3.05, 3.63) is 33.4 Å². The third-order valence-electron chi connectivity index (χ3n) is 4.74. The van der Waals surface area contributed by atoms with Gasteiger partial charge in [0.25, 0.3) is 5.91 Å². The van der Waals surface area contributed by atoms with Gasteiger partial charge in [-0.2, -0.15) is 0 Å². The molecule has 9 nitrogen and oxygen atoms in total. The molecule has 0 fully saturated rings. The van der Waals surface area contributed by atoms with Gasteiger partial charge in [0.1, 0.15) is 22.8 Å². The number of carbonyl (C=O) groups excluding carboxylic acids is 4. The third kappa shape index (κ3) is 14.5. The van der Waals surface area contributed by atoms with Gasteiger partial charge in [-0.1, -0.05) is 6.07 Å². The number of amides is 2. The minimum atomic E-state index is -1.14. The Morgan fingerprint density at radius 1 is 0.842 bits per heavy atom.